The van der Waals surface area contributed by atoms with E-state index in [0.29, 0.717) is 33.7 Å². The van der Waals surface area contributed by atoms with Crippen LogP contribution in [0.1, 0.15) is 16.2 Å². The van der Waals surface area contributed by atoms with Crippen LogP contribution in [0.4, 0.5) is 0 Å². The molecule has 4 nitrogen and oxygen atoms in total. The molecule has 1 aromatic heterocycles. The number of carbonyl (C=O) groups excluding carboxylic acids is 1. The van der Waals surface area contributed by atoms with E-state index in [9.17, 15) is 4.79 Å². The fraction of sp³-hybridized carbons (Fsp3) is 0.200. The number of hydrogen-bond acceptors (Lipinski definition) is 3. The zero-order chi connectivity index (χ0) is 11.0. The second kappa shape index (κ2) is 3.55. The molecule has 0 radical (unpaired) electrons. The summed E-state index contributed by atoms with van der Waals surface area (Å²) in [6.45, 7) is 1.82. The van der Waals surface area contributed by atoms with E-state index >= 15 is 0 Å². The smallest absolute Gasteiger partial charge is 0.155 e. The number of aryl methyl sites for hydroxylation is 1. The van der Waals surface area contributed by atoms with Gasteiger partial charge in [0.2, 0.25) is 0 Å². The Morgan fingerprint density at radius 2 is 2.33 bits per heavy atom. The maximum absolute atomic E-state index is 10.8. The number of nitrogens with zero attached hydrogens (tertiary/aromatic N) is 1. The van der Waals surface area contributed by atoms with Gasteiger partial charge in [-0.25, -0.2) is 4.98 Å². The third-order valence-corrected chi connectivity index (χ3v) is 2.44. The van der Waals surface area contributed by atoms with Gasteiger partial charge in [-0.1, -0.05) is 11.6 Å². The number of benzene rings is 1. The number of aromatic nitrogens is 2. The quantitative estimate of drug-likeness (QED) is 0.797. The van der Waals surface area contributed by atoms with Gasteiger partial charge in [0.1, 0.15) is 16.9 Å². The zero-order valence-corrected chi connectivity index (χ0v) is 9.05. The topological polar surface area (TPSA) is 55.0 Å². The summed E-state index contributed by atoms with van der Waals surface area (Å²) in [5, 5.41) is 0.442. The van der Waals surface area contributed by atoms with Crippen LogP contribution in [-0.2, 0) is 0 Å². The first kappa shape index (κ1) is 9.98. The number of aldehydes is 1. The lowest BCUT2D eigenvalue weighted by molar-refractivity contribution is 0.112. The molecule has 0 saturated carbocycles. The molecule has 1 aromatic carbocycles. The number of halogens is 1. The molecule has 5 heteroatoms. The van der Waals surface area contributed by atoms with Crippen LogP contribution in [-0.4, -0.2) is 23.4 Å². The normalized spacial score (nSPS) is 10.6. The first-order valence-corrected chi connectivity index (χ1v) is 4.73. The number of fused-ring (bicyclic) bond motifs is 1. The van der Waals surface area contributed by atoms with Crippen molar-refractivity contribution >= 4 is 28.9 Å². The molecule has 0 bridgehead atoms. The molecule has 0 saturated heterocycles. The van der Waals surface area contributed by atoms with E-state index in [-0.39, 0.29) is 0 Å². The first-order valence-electron chi connectivity index (χ1n) is 4.35. The number of H-pyrrole nitrogens is 1. The fourth-order valence-electron chi connectivity index (χ4n) is 1.55. The third kappa shape index (κ3) is 1.47. The number of imidazole rings is 1. The van der Waals surface area contributed by atoms with Crippen LogP contribution in [0.5, 0.6) is 5.75 Å². The average Bonchev–Trinajstić information content (AvgIpc) is 2.60. The Hall–Kier alpha value is -1.55. The molecule has 0 unspecified atom stereocenters. The summed E-state index contributed by atoms with van der Waals surface area (Å²) in [6.07, 6.45) is 0.709. The van der Waals surface area contributed by atoms with Crippen molar-refractivity contribution in [1.29, 1.82) is 0 Å². The van der Waals surface area contributed by atoms with Gasteiger partial charge in [-0.3, -0.25) is 4.79 Å². The van der Waals surface area contributed by atoms with Crippen molar-refractivity contribution in [3.8, 4) is 5.75 Å². The predicted molar refractivity (Wildman–Crippen MR) is 57.8 cm³/mol. The minimum atomic E-state index is 0.415. The van der Waals surface area contributed by atoms with E-state index < -0.39 is 0 Å². The van der Waals surface area contributed by atoms with E-state index in [1.807, 2.05) is 6.92 Å². The van der Waals surface area contributed by atoms with Gasteiger partial charge in [0.15, 0.2) is 12.0 Å². The first-order chi connectivity index (χ1) is 7.17. The summed E-state index contributed by atoms with van der Waals surface area (Å²) in [6, 6.07) is 1.55. The lowest BCUT2D eigenvalue weighted by atomic mass is 10.2. The molecule has 0 aliphatic carbocycles. The number of ether oxygens (including phenoxy) is 1. The van der Waals surface area contributed by atoms with Gasteiger partial charge in [-0.2, -0.15) is 0 Å². The summed E-state index contributed by atoms with van der Waals surface area (Å²) >= 11 is 5.99. The molecule has 1 N–H and O–H groups in total. The molecule has 78 valence electrons. The molecule has 2 aromatic rings. The average molecular weight is 225 g/mol. The Morgan fingerprint density at radius 3 is 2.93 bits per heavy atom. The van der Waals surface area contributed by atoms with Crippen LogP contribution in [0.2, 0.25) is 5.02 Å². The van der Waals surface area contributed by atoms with Gasteiger partial charge in [0.05, 0.1) is 17.7 Å². The van der Waals surface area contributed by atoms with Crippen LogP contribution in [0.25, 0.3) is 11.0 Å². The number of hydrogen-bond donors (Lipinski definition) is 1. The van der Waals surface area contributed by atoms with Crippen molar-refractivity contribution in [2.75, 3.05) is 7.11 Å². The standard InChI is InChI=1S/C10H9ClN2O2/c1-5-12-8-7(11)3-6(4-14)10(15-2)9(8)13-5/h3-4H,1-2H3,(H,12,13). The molecular formula is C10H9ClN2O2. The van der Waals surface area contributed by atoms with E-state index in [0.717, 1.165) is 5.82 Å². The summed E-state index contributed by atoms with van der Waals surface area (Å²) < 4.78 is 5.16. The van der Waals surface area contributed by atoms with Crippen molar-refractivity contribution in [3.63, 3.8) is 0 Å². The summed E-state index contributed by atoms with van der Waals surface area (Å²) in [5.41, 5.74) is 1.69. The van der Waals surface area contributed by atoms with Crippen LogP contribution >= 0.6 is 11.6 Å². The van der Waals surface area contributed by atoms with Crippen molar-refractivity contribution in [1.82, 2.24) is 9.97 Å². The van der Waals surface area contributed by atoms with Crippen molar-refractivity contribution < 1.29 is 9.53 Å². The Kier molecular flexibility index (Phi) is 2.36. The molecule has 0 amide bonds. The molecule has 15 heavy (non-hydrogen) atoms. The fourth-order valence-corrected chi connectivity index (χ4v) is 1.81. The highest BCUT2D eigenvalue weighted by molar-refractivity contribution is 6.35. The van der Waals surface area contributed by atoms with E-state index in [4.69, 9.17) is 16.3 Å². The number of methoxy groups -OCH3 is 1. The van der Waals surface area contributed by atoms with Crippen molar-refractivity contribution in [3.05, 3.63) is 22.5 Å². The maximum Gasteiger partial charge on any atom is 0.155 e. The summed E-state index contributed by atoms with van der Waals surface area (Å²) in [4.78, 5) is 18.0. The summed E-state index contributed by atoms with van der Waals surface area (Å²) in [5.74, 6) is 1.21. The lowest BCUT2D eigenvalue weighted by Gasteiger charge is -2.05. The molecule has 2 rings (SSSR count). The van der Waals surface area contributed by atoms with Crippen molar-refractivity contribution in [2.45, 2.75) is 6.92 Å². The highest BCUT2D eigenvalue weighted by Gasteiger charge is 2.14. The van der Waals surface area contributed by atoms with Gasteiger partial charge >= 0.3 is 0 Å². The highest BCUT2D eigenvalue weighted by atomic mass is 35.5. The number of carbonyl (C=O) groups is 1. The summed E-state index contributed by atoms with van der Waals surface area (Å²) in [7, 11) is 1.51. The Morgan fingerprint density at radius 1 is 1.60 bits per heavy atom. The minimum absolute atomic E-state index is 0.415. The van der Waals surface area contributed by atoms with Gasteiger partial charge in [-0.15, -0.1) is 0 Å². The predicted octanol–water partition coefficient (Wildman–Crippen LogP) is 2.35. The van der Waals surface area contributed by atoms with Gasteiger partial charge in [0, 0.05) is 0 Å². The highest BCUT2D eigenvalue weighted by Crippen LogP contribution is 2.32. The Balaban J connectivity index is 2.90. The number of aromatic amines is 1. The van der Waals surface area contributed by atoms with E-state index in [1.54, 1.807) is 6.07 Å². The number of rotatable bonds is 2. The van der Waals surface area contributed by atoms with E-state index in [2.05, 4.69) is 9.97 Å². The largest absolute Gasteiger partial charge is 0.494 e. The van der Waals surface area contributed by atoms with E-state index in [1.165, 1.54) is 7.11 Å². The number of nitrogens with one attached hydrogen (secondary N) is 1. The second-order valence-electron chi connectivity index (χ2n) is 3.14. The molecule has 0 aliphatic heterocycles. The lowest BCUT2D eigenvalue weighted by Crippen LogP contribution is -1.92. The Labute approximate surface area is 91.2 Å². The molecule has 0 spiro atoms. The van der Waals surface area contributed by atoms with Crippen LogP contribution in [0.3, 0.4) is 0 Å². The van der Waals surface area contributed by atoms with Gasteiger partial charge < -0.3 is 9.72 Å². The van der Waals surface area contributed by atoms with Crippen LogP contribution in [0.15, 0.2) is 6.07 Å². The zero-order valence-electron chi connectivity index (χ0n) is 8.30. The van der Waals surface area contributed by atoms with Crippen molar-refractivity contribution in [2.24, 2.45) is 0 Å². The van der Waals surface area contributed by atoms with Gasteiger partial charge in [0.25, 0.3) is 0 Å². The molecule has 0 aliphatic rings. The maximum atomic E-state index is 10.8. The van der Waals surface area contributed by atoms with Crippen LogP contribution in [0, 0.1) is 6.92 Å². The monoisotopic (exact) mass is 224 g/mol. The van der Waals surface area contributed by atoms with Gasteiger partial charge in [-0.05, 0) is 13.0 Å². The van der Waals surface area contributed by atoms with Crippen LogP contribution < -0.4 is 4.74 Å². The SMILES string of the molecule is COc1c(C=O)cc(Cl)c2nc(C)[nH]c12. The Bertz CT molecular complexity index is 534. The third-order valence-electron chi connectivity index (χ3n) is 2.15. The molecule has 1 heterocycles. The molecule has 0 atom stereocenters. The molecule has 0 fully saturated rings. The molecular weight excluding hydrogens is 216 g/mol. The second-order valence-corrected chi connectivity index (χ2v) is 3.55. The minimum Gasteiger partial charge on any atom is -0.494 e.